The fourth-order valence-electron chi connectivity index (χ4n) is 2.08. The highest BCUT2D eigenvalue weighted by Crippen LogP contribution is 2.19. The molecule has 0 radical (unpaired) electrons. The number of benzene rings is 1. The van der Waals surface area contributed by atoms with Gasteiger partial charge in [0, 0.05) is 11.0 Å². The van der Waals surface area contributed by atoms with Gasteiger partial charge in [-0.1, -0.05) is 46.3 Å². The SMILES string of the molecule is Cc1ccc(OCCCCc2ccccc2)c(CBr)n1. The van der Waals surface area contributed by atoms with E-state index >= 15 is 0 Å². The van der Waals surface area contributed by atoms with E-state index in [9.17, 15) is 0 Å². The van der Waals surface area contributed by atoms with Gasteiger partial charge in [-0.2, -0.15) is 0 Å². The van der Waals surface area contributed by atoms with Crippen LogP contribution in [-0.2, 0) is 11.8 Å². The van der Waals surface area contributed by atoms with Crippen LogP contribution >= 0.6 is 15.9 Å². The van der Waals surface area contributed by atoms with E-state index in [-0.39, 0.29) is 0 Å². The largest absolute Gasteiger partial charge is 0.492 e. The Balaban J connectivity index is 1.73. The van der Waals surface area contributed by atoms with Gasteiger partial charge in [0.05, 0.1) is 12.3 Å². The number of rotatable bonds is 7. The van der Waals surface area contributed by atoms with Crippen LogP contribution in [0.5, 0.6) is 5.75 Å². The van der Waals surface area contributed by atoms with E-state index in [1.165, 1.54) is 5.56 Å². The molecule has 0 unspecified atom stereocenters. The number of unbranched alkanes of at least 4 members (excludes halogenated alkanes) is 1. The molecule has 2 nitrogen and oxygen atoms in total. The van der Waals surface area contributed by atoms with Crippen LogP contribution in [0, 0.1) is 6.92 Å². The van der Waals surface area contributed by atoms with Crippen molar-refractivity contribution in [2.45, 2.75) is 31.5 Å². The summed E-state index contributed by atoms with van der Waals surface area (Å²) in [6.45, 7) is 2.74. The monoisotopic (exact) mass is 333 g/mol. The van der Waals surface area contributed by atoms with Crippen LogP contribution in [0.25, 0.3) is 0 Å². The van der Waals surface area contributed by atoms with Crippen molar-refractivity contribution in [1.82, 2.24) is 4.98 Å². The summed E-state index contributed by atoms with van der Waals surface area (Å²) in [6.07, 6.45) is 3.32. The second-order valence-corrected chi connectivity index (χ2v) is 5.38. The van der Waals surface area contributed by atoms with Crippen LogP contribution in [0.4, 0.5) is 0 Å². The van der Waals surface area contributed by atoms with Crippen molar-refractivity contribution < 1.29 is 4.74 Å². The van der Waals surface area contributed by atoms with E-state index in [2.05, 4.69) is 51.2 Å². The van der Waals surface area contributed by atoms with E-state index < -0.39 is 0 Å². The molecule has 0 saturated carbocycles. The summed E-state index contributed by atoms with van der Waals surface area (Å²) in [5.41, 5.74) is 3.40. The van der Waals surface area contributed by atoms with Gasteiger partial charge in [-0.25, -0.2) is 0 Å². The van der Waals surface area contributed by atoms with Crippen molar-refractivity contribution in [3.63, 3.8) is 0 Å². The minimum atomic E-state index is 0.730. The zero-order valence-corrected chi connectivity index (χ0v) is 13.4. The molecule has 0 saturated heterocycles. The lowest BCUT2D eigenvalue weighted by Gasteiger charge is -2.10. The summed E-state index contributed by atoms with van der Waals surface area (Å²) in [5.74, 6) is 0.896. The lowest BCUT2D eigenvalue weighted by atomic mass is 10.1. The highest BCUT2D eigenvalue weighted by Gasteiger charge is 2.04. The Bertz CT molecular complexity index is 528. The molecule has 0 aliphatic rings. The highest BCUT2D eigenvalue weighted by molar-refractivity contribution is 9.08. The molecule has 0 N–H and O–H groups in total. The molecule has 0 bridgehead atoms. The first-order valence-corrected chi connectivity index (χ1v) is 8.11. The third kappa shape index (κ3) is 4.64. The Labute approximate surface area is 129 Å². The fraction of sp³-hybridized carbons (Fsp3) is 0.353. The summed E-state index contributed by atoms with van der Waals surface area (Å²) in [6, 6.07) is 14.6. The van der Waals surface area contributed by atoms with Gasteiger partial charge in [-0.3, -0.25) is 4.98 Å². The molecule has 3 heteroatoms. The van der Waals surface area contributed by atoms with Crippen LogP contribution in [0.2, 0.25) is 0 Å². The first-order chi connectivity index (χ1) is 9.79. The smallest absolute Gasteiger partial charge is 0.141 e. The molecule has 0 aliphatic heterocycles. The summed E-state index contributed by atoms with van der Waals surface area (Å²) < 4.78 is 5.83. The lowest BCUT2D eigenvalue weighted by Crippen LogP contribution is -2.02. The second kappa shape index (κ2) is 8.05. The summed E-state index contributed by atoms with van der Waals surface area (Å²) in [7, 11) is 0. The number of pyridine rings is 1. The minimum absolute atomic E-state index is 0.730. The number of aromatic nitrogens is 1. The van der Waals surface area contributed by atoms with Crippen LogP contribution in [-0.4, -0.2) is 11.6 Å². The average Bonchev–Trinajstić information content (AvgIpc) is 2.49. The molecule has 0 spiro atoms. The summed E-state index contributed by atoms with van der Waals surface area (Å²) in [4.78, 5) is 4.47. The number of nitrogens with zero attached hydrogens (tertiary/aromatic N) is 1. The Hall–Kier alpha value is -1.35. The maximum absolute atomic E-state index is 5.83. The van der Waals surface area contributed by atoms with Gasteiger partial charge in [0.1, 0.15) is 5.75 Å². The number of halogens is 1. The summed E-state index contributed by atoms with van der Waals surface area (Å²) in [5, 5.41) is 0.730. The maximum Gasteiger partial charge on any atom is 0.141 e. The van der Waals surface area contributed by atoms with Gasteiger partial charge < -0.3 is 4.74 Å². The highest BCUT2D eigenvalue weighted by atomic mass is 79.9. The van der Waals surface area contributed by atoms with E-state index in [0.29, 0.717) is 0 Å². The molecule has 0 aliphatic carbocycles. The number of hydrogen-bond donors (Lipinski definition) is 0. The van der Waals surface area contributed by atoms with Gasteiger partial charge in [0.2, 0.25) is 0 Å². The van der Waals surface area contributed by atoms with Gasteiger partial charge >= 0.3 is 0 Å². The Morgan fingerprint density at radius 3 is 2.60 bits per heavy atom. The Morgan fingerprint density at radius 1 is 1.05 bits per heavy atom. The number of hydrogen-bond acceptors (Lipinski definition) is 2. The van der Waals surface area contributed by atoms with Crippen molar-refractivity contribution >= 4 is 15.9 Å². The van der Waals surface area contributed by atoms with Gasteiger partial charge in [0.15, 0.2) is 0 Å². The van der Waals surface area contributed by atoms with Crippen LogP contribution in [0.3, 0.4) is 0 Å². The first kappa shape index (κ1) is 15.0. The van der Waals surface area contributed by atoms with E-state index in [4.69, 9.17) is 4.74 Å². The van der Waals surface area contributed by atoms with Gasteiger partial charge in [-0.05, 0) is 43.9 Å². The van der Waals surface area contributed by atoms with Crippen molar-refractivity contribution in [1.29, 1.82) is 0 Å². The molecule has 106 valence electrons. The molecule has 0 amide bonds. The van der Waals surface area contributed by atoms with E-state index in [1.807, 2.05) is 19.1 Å². The second-order valence-electron chi connectivity index (χ2n) is 4.82. The van der Waals surface area contributed by atoms with Crippen LogP contribution in [0.1, 0.15) is 29.8 Å². The topological polar surface area (TPSA) is 22.1 Å². The third-order valence-corrected chi connectivity index (χ3v) is 3.69. The van der Waals surface area contributed by atoms with Crippen LogP contribution < -0.4 is 4.74 Å². The minimum Gasteiger partial charge on any atom is -0.492 e. The first-order valence-electron chi connectivity index (χ1n) is 6.99. The molecule has 2 rings (SSSR count). The standard InChI is InChI=1S/C17H20BrNO/c1-14-10-11-17(16(13-18)19-14)20-12-6-5-9-15-7-3-2-4-8-15/h2-4,7-8,10-11H,5-6,9,12-13H2,1H3. The molecular weight excluding hydrogens is 314 g/mol. The van der Waals surface area contributed by atoms with Gasteiger partial charge in [-0.15, -0.1) is 0 Å². The zero-order valence-electron chi connectivity index (χ0n) is 11.8. The van der Waals surface area contributed by atoms with Crippen molar-refractivity contribution in [3.05, 3.63) is 59.4 Å². The molecule has 20 heavy (non-hydrogen) atoms. The van der Waals surface area contributed by atoms with Crippen molar-refractivity contribution in [2.24, 2.45) is 0 Å². The van der Waals surface area contributed by atoms with E-state index in [1.54, 1.807) is 0 Å². The van der Waals surface area contributed by atoms with Gasteiger partial charge in [0.25, 0.3) is 0 Å². The van der Waals surface area contributed by atoms with Crippen molar-refractivity contribution in [2.75, 3.05) is 6.61 Å². The molecule has 1 heterocycles. The number of aryl methyl sites for hydroxylation is 2. The molecule has 1 aromatic carbocycles. The molecule has 1 aromatic heterocycles. The zero-order chi connectivity index (χ0) is 14.2. The maximum atomic E-state index is 5.83. The lowest BCUT2D eigenvalue weighted by molar-refractivity contribution is 0.303. The van der Waals surface area contributed by atoms with E-state index in [0.717, 1.165) is 48.3 Å². The van der Waals surface area contributed by atoms with Crippen LogP contribution in [0.15, 0.2) is 42.5 Å². The third-order valence-electron chi connectivity index (χ3n) is 3.16. The van der Waals surface area contributed by atoms with Crippen molar-refractivity contribution in [3.8, 4) is 5.75 Å². The Morgan fingerprint density at radius 2 is 1.85 bits per heavy atom. The normalized spacial score (nSPS) is 10.5. The quantitative estimate of drug-likeness (QED) is 0.541. The predicted molar refractivity (Wildman–Crippen MR) is 86.5 cm³/mol. The molecular formula is C17H20BrNO. The molecule has 0 fully saturated rings. The molecule has 2 aromatic rings. The molecule has 0 atom stereocenters. The average molecular weight is 334 g/mol. The fourth-order valence-corrected chi connectivity index (χ4v) is 2.48. The Kier molecular flexibility index (Phi) is 6.06. The number of alkyl halides is 1. The summed E-state index contributed by atoms with van der Waals surface area (Å²) >= 11 is 3.45. The predicted octanol–water partition coefficient (Wildman–Crippen LogP) is 4.69. The number of ether oxygens (including phenoxy) is 1.